The Hall–Kier alpha value is -1.74. The van der Waals surface area contributed by atoms with Crippen LogP contribution >= 0.6 is 0 Å². The molecule has 1 atom stereocenters. The highest BCUT2D eigenvalue weighted by Crippen LogP contribution is 2.32. The zero-order valence-electron chi connectivity index (χ0n) is 12.8. The van der Waals surface area contributed by atoms with E-state index in [0.29, 0.717) is 0 Å². The van der Waals surface area contributed by atoms with Crippen LogP contribution in [0.4, 0.5) is 0 Å². The minimum Gasteiger partial charge on any atom is -0.497 e. The second-order valence-electron chi connectivity index (χ2n) is 5.85. The van der Waals surface area contributed by atoms with Crippen LogP contribution < -0.4 is 4.74 Å². The summed E-state index contributed by atoms with van der Waals surface area (Å²) in [5, 5.41) is 10.1. The topological polar surface area (TPSA) is 34.4 Å². The van der Waals surface area contributed by atoms with E-state index in [1.54, 1.807) is 7.11 Å². The maximum atomic E-state index is 10.1. The van der Waals surface area contributed by atoms with Crippen LogP contribution in [-0.2, 0) is 19.4 Å². The molecule has 1 N–H and O–H groups in total. The van der Waals surface area contributed by atoms with Gasteiger partial charge in [-0.2, -0.15) is 0 Å². The molecule has 3 rings (SSSR count). The zero-order valence-corrected chi connectivity index (χ0v) is 12.8. The lowest BCUT2D eigenvalue weighted by Crippen LogP contribution is -2.13. The van der Waals surface area contributed by atoms with E-state index in [1.165, 1.54) is 17.0 Å². The SMILES string of the molecule is COc1ccc(CCn2c(C)cc3c2CCCC3O)cc1. The molecule has 1 aliphatic carbocycles. The number of hydrogen-bond donors (Lipinski definition) is 1. The number of methoxy groups -OCH3 is 1. The number of benzene rings is 1. The van der Waals surface area contributed by atoms with Crippen molar-refractivity contribution in [1.29, 1.82) is 0 Å². The molecule has 112 valence electrons. The first-order chi connectivity index (χ1) is 10.2. The summed E-state index contributed by atoms with van der Waals surface area (Å²) in [6.07, 6.45) is 3.80. The molecule has 1 aromatic carbocycles. The van der Waals surface area contributed by atoms with Gasteiger partial charge in [-0.05, 0) is 56.4 Å². The van der Waals surface area contributed by atoms with Gasteiger partial charge in [-0.1, -0.05) is 12.1 Å². The van der Waals surface area contributed by atoms with Gasteiger partial charge in [0.15, 0.2) is 0 Å². The van der Waals surface area contributed by atoms with Gasteiger partial charge in [0.2, 0.25) is 0 Å². The quantitative estimate of drug-likeness (QED) is 0.934. The third-order valence-electron chi connectivity index (χ3n) is 4.48. The minimum absolute atomic E-state index is 0.269. The first-order valence-electron chi connectivity index (χ1n) is 7.69. The highest BCUT2D eigenvalue weighted by Gasteiger charge is 2.22. The minimum atomic E-state index is -0.269. The molecule has 3 nitrogen and oxygen atoms in total. The van der Waals surface area contributed by atoms with E-state index in [2.05, 4.69) is 29.7 Å². The van der Waals surface area contributed by atoms with Crippen molar-refractivity contribution in [3.63, 3.8) is 0 Å². The summed E-state index contributed by atoms with van der Waals surface area (Å²) < 4.78 is 7.57. The van der Waals surface area contributed by atoms with Gasteiger partial charge >= 0.3 is 0 Å². The molecule has 0 spiro atoms. The van der Waals surface area contributed by atoms with Gasteiger partial charge in [0.25, 0.3) is 0 Å². The number of aliphatic hydroxyl groups is 1. The fourth-order valence-electron chi connectivity index (χ4n) is 3.29. The molecule has 1 aromatic heterocycles. The monoisotopic (exact) mass is 285 g/mol. The van der Waals surface area contributed by atoms with Crippen LogP contribution in [0.5, 0.6) is 5.75 Å². The van der Waals surface area contributed by atoms with Crippen molar-refractivity contribution in [2.45, 2.75) is 45.3 Å². The fourth-order valence-corrected chi connectivity index (χ4v) is 3.29. The molecule has 0 aliphatic heterocycles. The largest absolute Gasteiger partial charge is 0.497 e. The predicted octanol–water partition coefficient (Wildman–Crippen LogP) is 3.42. The molecule has 0 saturated heterocycles. The summed E-state index contributed by atoms with van der Waals surface area (Å²) in [7, 11) is 1.69. The summed E-state index contributed by atoms with van der Waals surface area (Å²) >= 11 is 0. The molecule has 1 heterocycles. The van der Waals surface area contributed by atoms with Gasteiger partial charge in [-0.25, -0.2) is 0 Å². The lowest BCUT2D eigenvalue weighted by Gasteiger charge is -2.20. The molecule has 3 heteroatoms. The number of rotatable bonds is 4. The highest BCUT2D eigenvalue weighted by atomic mass is 16.5. The van der Waals surface area contributed by atoms with E-state index in [4.69, 9.17) is 4.74 Å². The first kappa shape index (κ1) is 14.2. The molecule has 1 aliphatic rings. The van der Waals surface area contributed by atoms with Crippen molar-refractivity contribution in [1.82, 2.24) is 4.57 Å². The van der Waals surface area contributed by atoms with Crippen LogP contribution in [-0.4, -0.2) is 16.8 Å². The van der Waals surface area contributed by atoms with Gasteiger partial charge < -0.3 is 14.4 Å². The van der Waals surface area contributed by atoms with Crippen molar-refractivity contribution in [3.05, 3.63) is 52.8 Å². The van der Waals surface area contributed by atoms with Crippen LogP contribution in [0.25, 0.3) is 0 Å². The molecule has 21 heavy (non-hydrogen) atoms. The van der Waals surface area contributed by atoms with Crippen molar-refractivity contribution in [2.75, 3.05) is 7.11 Å². The van der Waals surface area contributed by atoms with E-state index in [1.807, 2.05) is 12.1 Å². The maximum Gasteiger partial charge on any atom is 0.118 e. The van der Waals surface area contributed by atoms with E-state index < -0.39 is 0 Å². The van der Waals surface area contributed by atoms with E-state index >= 15 is 0 Å². The average molecular weight is 285 g/mol. The number of aryl methyl sites for hydroxylation is 2. The molecule has 0 amide bonds. The Kier molecular flexibility index (Phi) is 4.02. The van der Waals surface area contributed by atoms with Gasteiger partial charge in [0.1, 0.15) is 5.75 Å². The van der Waals surface area contributed by atoms with Gasteiger partial charge in [-0.15, -0.1) is 0 Å². The van der Waals surface area contributed by atoms with E-state index in [0.717, 1.165) is 43.5 Å². The van der Waals surface area contributed by atoms with Crippen molar-refractivity contribution >= 4 is 0 Å². The smallest absolute Gasteiger partial charge is 0.118 e. The number of hydrogen-bond acceptors (Lipinski definition) is 2. The van der Waals surface area contributed by atoms with Crippen LogP contribution in [0.2, 0.25) is 0 Å². The Morgan fingerprint density at radius 2 is 2.05 bits per heavy atom. The number of ether oxygens (including phenoxy) is 1. The van der Waals surface area contributed by atoms with E-state index in [9.17, 15) is 5.11 Å². The summed E-state index contributed by atoms with van der Waals surface area (Å²) in [5.74, 6) is 0.899. The Morgan fingerprint density at radius 3 is 2.76 bits per heavy atom. The number of nitrogens with zero attached hydrogens (tertiary/aromatic N) is 1. The van der Waals surface area contributed by atoms with Crippen LogP contribution in [0.1, 0.15) is 41.5 Å². The van der Waals surface area contributed by atoms with Crippen molar-refractivity contribution in [2.24, 2.45) is 0 Å². The van der Waals surface area contributed by atoms with Crippen LogP contribution in [0.3, 0.4) is 0 Å². The predicted molar refractivity (Wildman–Crippen MR) is 83.8 cm³/mol. The standard InChI is InChI=1S/C18H23NO2/c1-13-12-16-17(4-3-5-18(16)20)19(13)11-10-14-6-8-15(21-2)9-7-14/h6-9,12,18,20H,3-5,10-11H2,1-2H3. The second-order valence-corrected chi connectivity index (χ2v) is 5.85. The Balaban J connectivity index is 1.75. The molecule has 1 unspecified atom stereocenters. The van der Waals surface area contributed by atoms with Crippen LogP contribution in [0, 0.1) is 6.92 Å². The lowest BCUT2D eigenvalue weighted by atomic mass is 9.95. The van der Waals surface area contributed by atoms with E-state index in [-0.39, 0.29) is 6.10 Å². The zero-order chi connectivity index (χ0) is 14.8. The summed E-state index contributed by atoms with van der Waals surface area (Å²) in [6.45, 7) is 3.11. The third-order valence-corrected chi connectivity index (χ3v) is 4.48. The van der Waals surface area contributed by atoms with Crippen molar-refractivity contribution < 1.29 is 9.84 Å². The first-order valence-corrected chi connectivity index (χ1v) is 7.69. The number of fused-ring (bicyclic) bond motifs is 1. The molecule has 0 bridgehead atoms. The second kappa shape index (κ2) is 5.94. The summed E-state index contributed by atoms with van der Waals surface area (Å²) in [4.78, 5) is 0. The average Bonchev–Trinajstić information content (AvgIpc) is 2.83. The molecular weight excluding hydrogens is 262 g/mol. The maximum absolute atomic E-state index is 10.1. The molecule has 0 radical (unpaired) electrons. The summed E-state index contributed by atoms with van der Waals surface area (Å²) in [5.41, 5.74) is 5.05. The summed E-state index contributed by atoms with van der Waals surface area (Å²) in [6, 6.07) is 10.4. The highest BCUT2D eigenvalue weighted by molar-refractivity contribution is 5.32. The van der Waals surface area contributed by atoms with Crippen LogP contribution in [0.15, 0.2) is 30.3 Å². The Morgan fingerprint density at radius 1 is 1.29 bits per heavy atom. The van der Waals surface area contributed by atoms with Gasteiger partial charge in [0.05, 0.1) is 13.2 Å². The molecule has 0 fully saturated rings. The van der Waals surface area contributed by atoms with Crippen molar-refractivity contribution in [3.8, 4) is 5.75 Å². The van der Waals surface area contributed by atoms with Gasteiger partial charge in [-0.3, -0.25) is 0 Å². The Labute approximate surface area is 126 Å². The normalized spacial score (nSPS) is 17.6. The third kappa shape index (κ3) is 2.84. The number of aromatic nitrogens is 1. The molecule has 0 saturated carbocycles. The number of aliphatic hydroxyl groups excluding tert-OH is 1. The van der Waals surface area contributed by atoms with Gasteiger partial charge in [0, 0.05) is 23.5 Å². The molecule has 2 aromatic rings. The lowest BCUT2D eigenvalue weighted by molar-refractivity contribution is 0.155. The fraction of sp³-hybridized carbons (Fsp3) is 0.444. The Bertz CT molecular complexity index is 613. The molecular formula is C18H23NO2.